The van der Waals surface area contributed by atoms with Crippen molar-refractivity contribution in [1.29, 1.82) is 0 Å². The highest BCUT2D eigenvalue weighted by Gasteiger charge is 2.42. The van der Waals surface area contributed by atoms with Crippen LogP contribution in [-0.4, -0.2) is 46.1 Å². The second-order valence-corrected chi connectivity index (χ2v) is 7.40. The lowest BCUT2D eigenvalue weighted by molar-refractivity contribution is -0.157. The van der Waals surface area contributed by atoms with Gasteiger partial charge in [-0.2, -0.15) is 0 Å². The number of hydrogen-bond donors (Lipinski definition) is 1. The topological polar surface area (TPSA) is 81.3 Å². The number of rotatable bonds is 6. The average Bonchev–Trinajstić information content (AvgIpc) is 2.75. The van der Waals surface area contributed by atoms with Crippen molar-refractivity contribution in [2.24, 2.45) is 5.73 Å². The smallest absolute Gasteiger partial charge is 0.251 e. The Kier molecular flexibility index (Phi) is 5.64. The molecule has 6 nitrogen and oxygen atoms in total. The zero-order valence-electron chi connectivity index (χ0n) is 16.2. The van der Waals surface area contributed by atoms with Crippen LogP contribution in [0, 0.1) is 0 Å². The molecule has 2 aromatic heterocycles. The van der Waals surface area contributed by atoms with Gasteiger partial charge in [0.2, 0.25) is 0 Å². The van der Waals surface area contributed by atoms with E-state index in [2.05, 4.69) is 20.9 Å². The van der Waals surface area contributed by atoms with Crippen LogP contribution in [0.2, 0.25) is 0 Å². The minimum absolute atomic E-state index is 0.430. The Labute approximate surface area is 170 Å². The van der Waals surface area contributed by atoms with Crippen LogP contribution in [0.5, 0.6) is 0 Å². The highest BCUT2D eigenvalue weighted by molar-refractivity contribution is 5.84. The van der Waals surface area contributed by atoms with Gasteiger partial charge in [-0.15, -0.1) is 0 Å². The second kappa shape index (κ2) is 8.51. The third-order valence-corrected chi connectivity index (χ3v) is 5.25. The zero-order valence-corrected chi connectivity index (χ0v) is 16.2. The molecule has 1 amide bonds. The molecule has 0 spiro atoms. The molecule has 1 aliphatic rings. The molecule has 1 aromatic carbocycles. The maximum Gasteiger partial charge on any atom is 0.251 e. The van der Waals surface area contributed by atoms with Crippen LogP contribution < -0.4 is 5.73 Å². The number of morpholine rings is 1. The van der Waals surface area contributed by atoms with Crippen molar-refractivity contribution in [3.05, 3.63) is 84.4 Å². The lowest BCUT2D eigenvalue weighted by Gasteiger charge is -2.40. The molecule has 1 atom stereocenters. The molecule has 4 rings (SSSR count). The minimum Gasteiger partial charge on any atom is -0.367 e. The van der Waals surface area contributed by atoms with E-state index in [1.165, 1.54) is 0 Å². The molecule has 1 saturated heterocycles. The number of benzene rings is 1. The Morgan fingerprint density at radius 2 is 1.79 bits per heavy atom. The number of carbonyl (C=O) groups excluding carboxylic acids is 1. The molecule has 0 bridgehead atoms. The van der Waals surface area contributed by atoms with E-state index < -0.39 is 11.5 Å². The Hall–Kier alpha value is -3.09. The quantitative estimate of drug-likeness (QED) is 0.701. The normalized spacial score (nSPS) is 19.7. The third kappa shape index (κ3) is 4.50. The van der Waals surface area contributed by atoms with Gasteiger partial charge in [0.25, 0.3) is 5.91 Å². The molecule has 0 aliphatic carbocycles. The third-order valence-electron chi connectivity index (χ3n) is 5.25. The first kappa shape index (κ1) is 19.2. The Morgan fingerprint density at radius 1 is 1.03 bits per heavy atom. The fraction of sp³-hybridized carbons (Fsp3) is 0.261. The van der Waals surface area contributed by atoms with Crippen molar-refractivity contribution in [3.8, 4) is 11.1 Å². The van der Waals surface area contributed by atoms with Crippen molar-refractivity contribution in [3.63, 3.8) is 0 Å². The van der Waals surface area contributed by atoms with Crippen molar-refractivity contribution in [1.82, 2.24) is 14.9 Å². The summed E-state index contributed by atoms with van der Waals surface area (Å²) in [5, 5.41) is 0. The molecule has 29 heavy (non-hydrogen) atoms. The van der Waals surface area contributed by atoms with Gasteiger partial charge in [-0.25, -0.2) is 0 Å². The summed E-state index contributed by atoms with van der Waals surface area (Å²) in [5.74, 6) is -0.430. The van der Waals surface area contributed by atoms with Gasteiger partial charge in [-0.3, -0.25) is 19.7 Å². The number of hydrogen-bond acceptors (Lipinski definition) is 5. The van der Waals surface area contributed by atoms with Crippen LogP contribution in [0.4, 0.5) is 0 Å². The molecule has 148 valence electrons. The molecule has 3 aromatic rings. The number of primary amides is 1. The van der Waals surface area contributed by atoms with Crippen molar-refractivity contribution >= 4 is 5.91 Å². The van der Waals surface area contributed by atoms with E-state index in [9.17, 15) is 4.79 Å². The standard InChI is InChI=1S/C23H24N4O2/c24-22(28)23(17-27(10-11-29-23)16-19-5-2-8-25-14-19)13-18-4-1-6-20(12-18)21-7-3-9-26-15-21/h1-9,12,14-15H,10-11,13,16-17H2,(H2,24,28). The van der Waals surface area contributed by atoms with Gasteiger partial charge in [0.1, 0.15) is 0 Å². The number of amides is 1. The summed E-state index contributed by atoms with van der Waals surface area (Å²) in [7, 11) is 0. The van der Waals surface area contributed by atoms with Gasteiger partial charge in [0, 0.05) is 50.8 Å². The van der Waals surface area contributed by atoms with E-state index in [1.54, 1.807) is 12.4 Å². The maximum atomic E-state index is 12.5. The van der Waals surface area contributed by atoms with E-state index >= 15 is 0 Å². The molecule has 0 radical (unpaired) electrons. The summed E-state index contributed by atoms with van der Waals surface area (Å²) in [6, 6.07) is 16.0. The largest absolute Gasteiger partial charge is 0.367 e. The first-order chi connectivity index (χ1) is 14.1. The average molecular weight is 388 g/mol. The van der Waals surface area contributed by atoms with E-state index in [1.807, 2.05) is 54.9 Å². The van der Waals surface area contributed by atoms with Crippen LogP contribution in [-0.2, 0) is 22.5 Å². The predicted octanol–water partition coefficient (Wildman–Crippen LogP) is 2.44. The first-order valence-electron chi connectivity index (χ1n) is 9.69. The second-order valence-electron chi connectivity index (χ2n) is 7.40. The lowest BCUT2D eigenvalue weighted by Crippen LogP contribution is -2.59. The maximum absolute atomic E-state index is 12.5. The van der Waals surface area contributed by atoms with Gasteiger partial charge >= 0.3 is 0 Å². The van der Waals surface area contributed by atoms with Crippen LogP contribution in [0.25, 0.3) is 11.1 Å². The van der Waals surface area contributed by atoms with Gasteiger partial charge in [-0.1, -0.05) is 36.4 Å². The number of carbonyl (C=O) groups is 1. The number of nitrogens with zero attached hydrogens (tertiary/aromatic N) is 3. The number of nitrogens with two attached hydrogens (primary N) is 1. The zero-order chi connectivity index (χ0) is 20.1. The minimum atomic E-state index is -1.05. The molecule has 6 heteroatoms. The predicted molar refractivity (Wildman–Crippen MR) is 111 cm³/mol. The summed E-state index contributed by atoms with van der Waals surface area (Å²) in [6.45, 7) is 2.38. The number of ether oxygens (including phenoxy) is 1. The molecular formula is C23H24N4O2. The SMILES string of the molecule is NC(=O)C1(Cc2cccc(-c3cccnc3)c2)CN(Cc2cccnc2)CCO1. The fourth-order valence-electron chi connectivity index (χ4n) is 3.81. The van der Waals surface area contributed by atoms with Crippen molar-refractivity contribution in [2.75, 3.05) is 19.7 Å². The van der Waals surface area contributed by atoms with E-state index in [0.717, 1.165) is 28.8 Å². The molecular weight excluding hydrogens is 364 g/mol. The van der Waals surface area contributed by atoms with Gasteiger partial charge < -0.3 is 10.5 Å². The highest BCUT2D eigenvalue weighted by Crippen LogP contribution is 2.27. The van der Waals surface area contributed by atoms with Crippen molar-refractivity contribution in [2.45, 2.75) is 18.6 Å². The number of aromatic nitrogens is 2. The molecule has 1 unspecified atom stereocenters. The summed E-state index contributed by atoms with van der Waals surface area (Å²) in [5.41, 5.74) is 8.99. The van der Waals surface area contributed by atoms with Gasteiger partial charge in [0.15, 0.2) is 5.60 Å². The van der Waals surface area contributed by atoms with Gasteiger partial charge in [-0.05, 0) is 34.4 Å². The van der Waals surface area contributed by atoms with Crippen LogP contribution >= 0.6 is 0 Å². The van der Waals surface area contributed by atoms with E-state index in [-0.39, 0.29) is 0 Å². The Bertz CT molecular complexity index is 965. The van der Waals surface area contributed by atoms with Crippen LogP contribution in [0.3, 0.4) is 0 Å². The summed E-state index contributed by atoms with van der Waals surface area (Å²) < 4.78 is 6.00. The summed E-state index contributed by atoms with van der Waals surface area (Å²) in [4.78, 5) is 23.0. The Balaban J connectivity index is 1.55. The number of pyridine rings is 2. The molecule has 0 saturated carbocycles. The molecule has 1 aliphatic heterocycles. The molecule has 3 heterocycles. The van der Waals surface area contributed by atoms with Gasteiger partial charge in [0.05, 0.1) is 6.61 Å². The van der Waals surface area contributed by atoms with E-state index in [4.69, 9.17) is 10.5 Å². The van der Waals surface area contributed by atoms with Crippen LogP contribution in [0.1, 0.15) is 11.1 Å². The highest BCUT2D eigenvalue weighted by atomic mass is 16.5. The van der Waals surface area contributed by atoms with E-state index in [0.29, 0.717) is 26.1 Å². The summed E-state index contributed by atoms with van der Waals surface area (Å²) in [6.07, 6.45) is 7.61. The monoisotopic (exact) mass is 388 g/mol. The van der Waals surface area contributed by atoms with Crippen molar-refractivity contribution < 1.29 is 9.53 Å². The van der Waals surface area contributed by atoms with Crippen LogP contribution in [0.15, 0.2) is 73.3 Å². The molecule has 1 fully saturated rings. The molecule has 2 N–H and O–H groups in total. The Morgan fingerprint density at radius 3 is 2.52 bits per heavy atom. The summed E-state index contributed by atoms with van der Waals surface area (Å²) >= 11 is 0. The first-order valence-corrected chi connectivity index (χ1v) is 9.69. The lowest BCUT2D eigenvalue weighted by atomic mass is 9.90. The fourth-order valence-corrected chi connectivity index (χ4v) is 3.81.